The highest BCUT2D eigenvalue weighted by Crippen LogP contribution is 2.34. The number of likely N-dealkylation sites (tertiary alicyclic amines) is 1. The van der Waals surface area contributed by atoms with Crippen LogP contribution in [0.3, 0.4) is 0 Å². The van der Waals surface area contributed by atoms with Crippen LogP contribution in [0.1, 0.15) is 35.6 Å². The third kappa shape index (κ3) is 3.77. The van der Waals surface area contributed by atoms with Crippen molar-refractivity contribution in [3.63, 3.8) is 0 Å². The highest BCUT2D eigenvalue weighted by Gasteiger charge is 2.30. The van der Waals surface area contributed by atoms with Gasteiger partial charge in [0.15, 0.2) is 5.78 Å². The second kappa shape index (κ2) is 8.43. The van der Waals surface area contributed by atoms with Gasteiger partial charge in [0.1, 0.15) is 0 Å². The molecule has 33 heavy (non-hydrogen) atoms. The Balaban J connectivity index is 1.31. The molecule has 168 valence electrons. The molecule has 2 aliphatic rings. The minimum absolute atomic E-state index is 0.132. The molecule has 0 amide bonds. The fourth-order valence-corrected chi connectivity index (χ4v) is 6.11. The molecule has 1 atom stereocenters. The zero-order valence-corrected chi connectivity index (χ0v) is 19.7. The summed E-state index contributed by atoms with van der Waals surface area (Å²) in [6.07, 6.45) is 3.86. The fraction of sp³-hybridized carbons (Fsp3) is 0.333. The lowest BCUT2D eigenvalue weighted by molar-refractivity contribution is -0.123. The number of Topliss-reactive ketones (excluding diaryl/α,β-unsaturated/α-hetero) is 1. The highest BCUT2D eigenvalue weighted by molar-refractivity contribution is 7.08. The van der Waals surface area contributed by atoms with Crippen LogP contribution in [-0.2, 0) is 17.6 Å². The summed E-state index contributed by atoms with van der Waals surface area (Å²) in [5.41, 5.74) is 7.98. The predicted molar refractivity (Wildman–Crippen MR) is 135 cm³/mol. The van der Waals surface area contributed by atoms with Crippen molar-refractivity contribution in [3.8, 4) is 11.3 Å². The van der Waals surface area contributed by atoms with Gasteiger partial charge in [-0.3, -0.25) is 14.8 Å². The number of nitrogens with one attached hydrogen (secondary N) is 1. The Morgan fingerprint density at radius 2 is 2.00 bits per heavy atom. The summed E-state index contributed by atoms with van der Waals surface area (Å²) >= 11 is 1.67. The number of thiophene rings is 1. The topological polar surface area (TPSA) is 52.2 Å². The van der Waals surface area contributed by atoms with Crippen LogP contribution in [-0.4, -0.2) is 47.6 Å². The zero-order chi connectivity index (χ0) is 22.4. The fourth-order valence-electron chi connectivity index (χ4n) is 5.43. The number of carbonyl (C=O) groups is 1. The Labute approximate surface area is 198 Å². The van der Waals surface area contributed by atoms with E-state index in [4.69, 9.17) is 0 Å². The Bertz CT molecular complexity index is 1300. The van der Waals surface area contributed by atoms with Crippen LogP contribution in [0.5, 0.6) is 0 Å². The largest absolute Gasteiger partial charge is 0.374 e. The number of aromatic amines is 1. The van der Waals surface area contributed by atoms with Gasteiger partial charge in [-0.1, -0.05) is 12.1 Å². The molecule has 1 saturated heterocycles. The molecule has 4 heterocycles. The van der Waals surface area contributed by atoms with Gasteiger partial charge in [-0.2, -0.15) is 16.4 Å². The summed E-state index contributed by atoms with van der Waals surface area (Å²) in [5.74, 6) is 0.278. The second-order valence-electron chi connectivity index (χ2n) is 9.31. The number of hydrogen-bond acceptors (Lipinski definition) is 5. The van der Waals surface area contributed by atoms with E-state index in [-0.39, 0.29) is 11.8 Å². The number of carbonyl (C=O) groups excluding carboxylic acids is 1. The Morgan fingerprint density at radius 1 is 1.12 bits per heavy atom. The van der Waals surface area contributed by atoms with Crippen molar-refractivity contribution in [3.05, 3.63) is 69.9 Å². The van der Waals surface area contributed by atoms with E-state index in [0.29, 0.717) is 6.42 Å². The summed E-state index contributed by atoms with van der Waals surface area (Å²) in [6, 6.07) is 14.9. The van der Waals surface area contributed by atoms with E-state index in [0.717, 1.165) is 59.3 Å². The summed E-state index contributed by atoms with van der Waals surface area (Å²) in [5, 5.41) is 13.1. The molecular formula is C27H28N4OS. The maximum absolute atomic E-state index is 13.5. The minimum Gasteiger partial charge on any atom is -0.374 e. The van der Waals surface area contributed by atoms with E-state index >= 15 is 0 Å². The van der Waals surface area contributed by atoms with Crippen LogP contribution in [0, 0.1) is 0 Å². The molecule has 0 aliphatic carbocycles. The molecule has 2 aliphatic heterocycles. The maximum atomic E-state index is 13.5. The molecule has 0 bridgehead atoms. The molecule has 2 aromatic carbocycles. The van der Waals surface area contributed by atoms with E-state index in [1.165, 1.54) is 24.1 Å². The molecule has 0 radical (unpaired) electrons. The molecule has 2 aromatic heterocycles. The van der Waals surface area contributed by atoms with E-state index in [1.807, 2.05) is 0 Å². The van der Waals surface area contributed by atoms with Crippen LogP contribution in [0.4, 0.5) is 5.69 Å². The number of anilines is 1. The second-order valence-corrected chi connectivity index (χ2v) is 10.1. The standard InChI is InChI=1S/C27H28N4OS/c1-30-12-8-19-16-20(5-7-24(19)30)26-22-14-18(4-6-23(22)28-29-26)15-25(32)27(21-9-13-33-17-21)31-10-2-3-11-31/h4-7,9,13-14,16-17,27H,2-3,8,10-12,15H2,1H3,(H,28,29). The minimum atomic E-state index is -0.132. The van der Waals surface area contributed by atoms with Gasteiger partial charge in [0, 0.05) is 36.7 Å². The smallest absolute Gasteiger partial charge is 0.158 e. The molecule has 1 fully saturated rings. The van der Waals surface area contributed by atoms with Gasteiger partial charge >= 0.3 is 0 Å². The van der Waals surface area contributed by atoms with E-state index in [9.17, 15) is 4.79 Å². The van der Waals surface area contributed by atoms with Crippen molar-refractivity contribution in [1.82, 2.24) is 15.1 Å². The number of ketones is 1. The van der Waals surface area contributed by atoms with Gasteiger partial charge in [-0.05, 0) is 90.1 Å². The number of rotatable bonds is 6. The van der Waals surface area contributed by atoms with Crippen molar-refractivity contribution < 1.29 is 4.79 Å². The van der Waals surface area contributed by atoms with Crippen molar-refractivity contribution in [1.29, 1.82) is 0 Å². The number of nitrogens with zero attached hydrogens (tertiary/aromatic N) is 3. The lowest BCUT2D eigenvalue weighted by Crippen LogP contribution is -2.32. The summed E-state index contributed by atoms with van der Waals surface area (Å²) < 4.78 is 0. The number of aromatic nitrogens is 2. The number of hydrogen-bond donors (Lipinski definition) is 1. The third-order valence-corrected chi connectivity index (χ3v) is 7.86. The molecule has 4 aromatic rings. The lowest BCUT2D eigenvalue weighted by Gasteiger charge is -2.26. The van der Waals surface area contributed by atoms with Gasteiger partial charge in [0.25, 0.3) is 0 Å². The number of benzene rings is 2. The Hall–Kier alpha value is -2.96. The molecule has 6 rings (SSSR count). The SMILES string of the molecule is CN1CCc2cc(-c3n[nH]c4ccc(CC(=O)C(c5ccsc5)N5CCCC5)cc34)ccc21. The van der Waals surface area contributed by atoms with Crippen LogP contribution < -0.4 is 4.90 Å². The predicted octanol–water partition coefficient (Wildman–Crippen LogP) is 5.23. The molecule has 6 heteroatoms. The monoisotopic (exact) mass is 456 g/mol. The molecule has 5 nitrogen and oxygen atoms in total. The van der Waals surface area contributed by atoms with Gasteiger partial charge < -0.3 is 4.90 Å². The summed E-state index contributed by atoms with van der Waals surface area (Å²) in [7, 11) is 2.14. The summed E-state index contributed by atoms with van der Waals surface area (Å²) in [6.45, 7) is 3.07. The van der Waals surface area contributed by atoms with Crippen LogP contribution in [0.25, 0.3) is 22.2 Å². The number of H-pyrrole nitrogens is 1. The van der Waals surface area contributed by atoms with E-state index in [2.05, 4.69) is 80.3 Å². The lowest BCUT2D eigenvalue weighted by atomic mass is 9.96. The number of likely N-dealkylation sites (N-methyl/N-ethyl adjacent to an activating group) is 1. The van der Waals surface area contributed by atoms with Crippen molar-refractivity contribution in [2.75, 3.05) is 31.6 Å². The first kappa shape index (κ1) is 20.6. The van der Waals surface area contributed by atoms with Gasteiger partial charge in [-0.15, -0.1) is 0 Å². The average molecular weight is 457 g/mol. The molecular weight excluding hydrogens is 428 g/mol. The quantitative estimate of drug-likeness (QED) is 0.432. The Morgan fingerprint density at radius 3 is 2.82 bits per heavy atom. The van der Waals surface area contributed by atoms with E-state index < -0.39 is 0 Å². The van der Waals surface area contributed by atoms with Gasteiger partial charge in [0.05, 0.1) is 17.3 Å². The van der Waals surface area contributed by atoms with Gasteiger partial charge in [-0.25, -0.2) is 0 Å². The zero-order valence-electron chi connectivity index (χ0n) is 18.9. The normalized spacial score (nSPS) is 17.1. The van der Waals surface area contributed by atoms with Crippen molar-refractivity contribution in [2.24, 2.45) is 0 Å². The first-order chi connectivity index (χ1) is 16.2. The molecule has 0 spiro atoms. The maximum Gasteiger partial charge on any atom is 0.158 e. The van der Waals surface area contributed by atoms with E-state index in [1.54, 1.807) is 11.3 Å². The van der Waals surface area contributed by atoms with Crippen molar-refractivity contribution >= 4 is 33.7 Å². The first-order valence-corrected chi connectivity index (χ1v) is 12.7. The Kier molecular flexibility index (Phi) is 5.27. The van der Waals surface area contributed by atoms with Crippen LogP contribution in [0.15, 0.2) is 53.2 Å². The van der Waals surface area contributed by atoms with Crippen LogP contribution in [0.2, 0.25) is 0 Å². The average Bonchev–Trinajstić information content (AvgIpc) is 3.62. The third-order valence-electron chi connectivity index (χ3n) is 7.16. The number of fused-ring (bicyclic) bond motifs is 2. The first-order valence-electron chi connectivity index (χ1n) is 11.8. The highest BCUT2D eigenvalue weighted by atomic mass is 32.1. The molecule has 1 unspecified atom stereocenters. The van der Waals surface area contributed by atoms with Crippen LogP contribution >= 0.6 is 11.3 Å². The molecule has 1 N–H and O–H groups in total. The molecule has 0 saturated carbocycles. The van der Waals surface area contributed by atoms with Crippen molar-refractivity contribution in [2.45, 2.75) is 31.7 Å². The van der Waals surface area contributed by atoms with Gasteiger partial charge in [0.2, 0.25) is 0 Å². The summed E-state index contributed by atoms with van der Waals surface area (Å²) in [4.78, 5) is 18.2.